The number of benzene rings is 1. The molecule has 1 fully saturated rings. The summed E-state index contributed by atoms with van der Waals surface area (Å²) in [7, 11) is 1.77. The van der Waals surface area contributed by atoms with E-state index in [2.05, 4.69) is 0 Å². The quantitative estimate of drug-likeness (QED) is 0.905. The zero-order valence-corrected chi connectivity index (χ0v) is 12.9. The lowest BCUT2D eigenvalue weighted by molar-refractivity contribution is 0.555. The number of anilines is 1. The van der Waals surface area contributed by atoms with E-state index in [4.69, 9.17) is 5.73 Å². The van der Waals surface area contributed by atoms with Crippen molar-refractivity contribution in [1.82, 2.24) is 0 Å². The number of rotatable bonds is 5. The van der Waals surface area contributed by atoms with Crippen LogP contribution in [0.4, 0.5) is 14.5 Å². The van der Waals surface area contributed by atoms with E-state index in [9.17, 15) is 8.78 Å². The van der Waals surface area contributed by atoms with Gasteiger partial charge >= 0.3 is 0 Å². The van der Waals surface area contributed by atoms with Crippen LogP contribution in [0, 0.1) is 11.6 Å². The second-order valence-corrected chi connectivity index (χ2v) is 6.56. The first-order valence-electron chi connectivity index (χ1n) is 7.07. The highest BCUT2D eigenvalue weighted by Gasteiger charge is 2.25. The van der Waals surface area contributed by atoms with E-state index in [0.29, 0.717) is 12.0 Å². The van der Waals surface area contributed by atoms with Crippen LogP contribution in [0.5, 0.6) is 0 Å². The maximum atomic E-state index is 14.2. The molecule has 1 heterocycles. The van der Waals surface area contributed by atoms with E-state index in [1.807, 2.05) is 18.7 Å². The Balaban J connectivity index is 2.21. The van der Waals surface area contributed by atoms with Gasteiger partial charge in [-0.2, -0.15) is 11.8 Å². The van der Waals surface area contributed by atoms with Crippen LogP contribution in [0.2, 0.25) is 0 Å². The van der Waals surface area contributed by atoms with Gasteiger partial charge in [0.15, 0.2) is 0 Å². The Labute approximate surface area is 123 Å². The van der Waals surface area contributed by atoms with Crippen LogP contribution in [-0.4, -0.2) is 30.6 Å². The predicted octanol–water partition coefficient (Wildman–Crippen LogP) is 3.19. The molecule has 2 N–H and O–H groups in total. The Kier molecular flexibility index (Phi) is 5.27. The maximum absolute atomic E-state index is 14.2. The van der Waals surface area contributed by atoms with E-state index in [-0.39, 0.29) is 17.8 Å². The molecule has 112 valence electrons. The van der Waals surface area contributed by atoms with Crippen LogP contribution in [0.1, 0.15) is 25.3 Å². The molecule has 20 heavy (non-hydrogen) atoms. The van der Waals surface area contributed by atoms with Gasteiger partial charge in [-0.25, -0.2) is 8.78 Å². The lowest BCUT2D eigenvalue weighted by Crippen LogP contribution is -2.33. The van der Waals surface area contributed by atoms with Crippen molar-refractivity contribution in [2.75, 3.05) is 23.5 Å². The first-order valence-corrected chi connectivity index (χ1v) is 8.22. The highest BCUT2D eigenvalue weighted by molar-refractivity contribution is 7.99. The zero-order valence-electron chi connectivity index (χ0n) is 12.0. The molecule has 0 bridgehead atoms. The number of nitrogens with zero attached hydrogens (tertiary/aromatic N) is 1. The van der Waals surface area contributed by atoms with Gasteiger partial charge in [-0.1, -0.05) is 6.92 Å². The molecule has 2 nitrogen and oxygen atoms in total. The van der Waals surface area contributed by atoms with Crippen molar-refractivity contribution in [3.63, 3.8) is 0 Å². The average Bonchev–Trinajstić information content (AvgIpc) is 2.91. The van der Waals surface area contributed by atoms with Gasteiger partial charge < -0.3 is 10.6 Å². The van der Waals surface area contributed by atoms with Gasteiger partial charge in [0, 0.05) is 24.9 Å². The van der Waals surface area contributed by atoms with Crippen LogP contribution >= 0.6 is 11.8 Å². The summed E-state index contributed by atoms with van der Waals surface area (Å²) in [6, 6.07) is 3.01. The summed E-state index contributed by atoms with van der Waals surface area (Å²) in [5, 5.41) is 0. The molecule has 2 atom stereocenters. The second-order valence-electron chi connectivity index (χ2n) is 5.41. The van der Waals surface area contributed by atoms with Crippen LogP contribution in [-0.2, 0) is 6.42 Å². The smallest absolute Gasteiger partial charge is 0.149 e. The normalized spacial score (nSPS) is 20.1. The monoisotopic (exact) mass is 300 g/mol. The number of thioether (sulfide) groups is 1. The van der Waals surface area contributed by atoms with E-state index < -0.39 is 11.6 Å². The Bertz CT molecular complexity index is 438. The minimum Gasteiger partial charge on any atom is -0.366 e. The fourth-order valence-corrected chi connectivity index (χ4v) is 3.80. The molecule has 2 rings (SSSR count). The summed E-state index contributed by atoms with van der Waals surface area (Å²) in [6.07, 6.45) is 2.28. The van der Waals surface area contributed by atoms with Crippen LogP contribution in [0.3, 0.4) is 0 Å². The summed E-state index contributed by atoms with van der Waals surface area (Å²) < 4.78 is 28.5. The van der Waals surface area contributed by atoms with Crippen LogP contribution < -0.4 is 10.6 Å². The number of halogens is 2. The third-order valence-corrected chi connectivity index (χ3v) is 5.05. The molecule has 0 saturated carbocycles. The van der Waals surface area contributed by atoms with Gasteiger partial charge in [0.25, 0.3) is 0 Å². The summed E-state index contributed by atoms with van der Waals surface area (Å²) in [5.41, 5.74) is 6.57. The maximum Gasteiger partial charge on any atom is 0.149 e. The molecule has 1 aliphatic rings. The van der Waals surface area contributed by atoms with Crippen molar-refractivity contribution >= 4 is 17.4 Å². The van der Waals surface area contributed by atoms with E-state index in [1.165, 1.54) is 12.1 Å². The largest absolute Gasteiger partial charge is 0.366 e. The third-order valence-electron chi connectivity index (χ3n) is 3.91. The highest BCUT2D eigenvalue weighted by atomic mass is 32.2. The van der Waals surface area contributed by atoms with Gasteiger partial charge in [-0.3, -0.25) is 0 Å². The number of hydrogen-bond donors (Lipinski definition) is 1. The van der Waals surface area contributed by atoms with Gasteiger partial charge in [0.2, 0.25) is 0 Å². The molecule has 1 aromatic rings. The van der Waals surface area contributed by atoms with Crippen molar-refractivity contribution in [3.05, 3.63) is 29.3 Å². The Morgan fingerprint density at radius 1 is 1.40 bits per heavy atom. The van der Waals surface area contributed by atoms with Gasteiger partial charge in [0.1, 0.15) is 17.3 Å². The lowest BCUT2D eigenvalue weighted by atomic mass is 10.0. The number of nitrogens with two attached hydrogens (primary N) is 1. The standard InChI is InChI=1S/C15H22F2N2S/c1-3-11(18)6-10-7-13(16)15(14(17)8-10)19(2)12-4-5-20-9-12/h7-8,11-12H,3-6,9,18H2,1-2H3. The first kappa shape index (κ1) is 15.6. The molecule has 1 saturated heterocycles. The van der Waals surface area contributed by atoms with Crippen molar-refractivity contribution in [1.29, 1.82) is 0 Å². The van der Waals surface area contributed by atoms with Gasteiger partial charge in [0.05, 0.1) is 0 Å². The molecular weight excluding hydrogens is 278 g/mol. The SMILES string of the molecule is CCC(N)Cc1cc(F)c(N(C)C2CCSC2)c(F)c1. The lowest BCUT2D eigenvalue weighted by Gasteiger charge is -2.27. The summed E-state index contributed by atoms with van der Waals surface area (Å²) in [5.74, 6) is 1.02. The van der Waals surface area contributed by atoms with E-state index in [0.717, 1.165) is 24.3 Å². The van der Waals surface area contributed by atoms with Crippen molar-refractivity contribution in [2.45, 2.75) is 38.3 Å². The molecule has 1 aromatic carbocycles. The summed E-state index contributed by atoms with van der Waals surface area (Å²) in [4.78, 5) is 1.74. The van der Waals surface area contributed by atoms with Crippen molar-refractivity contribution < 1.29 is 8.78 Å². The average molecular weight is 300 g/mol. The van der Waals surface area contributed by atoms with Crippen molar-refractivity contribution in [2.24, 2.45) is 5.73 Å². The minimum atomic E-state index is -0.484. The van der Waals surface area contributed by atoms with E-state index in [1.54, 1.807) is 11.9 Å². The molecule has 2 unspecified atom stereocenters. The minimum absolute atomic E-state index is 0.0522. The fraction of sp³-hybridized carbons (Fsp3) is 0.600. The molecular formula is C15H22F2N2S. The Morgan fingerprint density at radius 3 is 2.55 bits per heavy atom. The first-order chi connectivity index (χ1) is 9.52. The van der Waals surface area contributed by atoms with Crippen molar-refractivity contribution in [3.8, 4) is 0 Å². The van der Waals surface area contributed by atoms with Gasteiger partial charge in [-0.15, -0.1) is 0 Å². The molecule has 0 aliphatic carbocycles. The molecule has 1 aliphatic heterocycles. The topological polar surface area (TPSA) is 29.3 Å². The Hall–Kier alpha value is -0.810. The molecule has 0 spiro atoms. The summed E-state index contributed by atoms with van der Waals surface area (Å²) >= 11 is 1.83. The second kappa shape index (κ2) is 6.76. The van der Waals surface area contributed by atoms with Crippen LogP contribution in [0.25, 0.3) is 0 Å². The fourth-order valence-electron chi connectivity index (χ4n) is 2.53. The molecule has 5 heteroatoms. The predicted molar refractivity (Wildman–Crippen MR) is 82.5 cm³/mol. The third kappa shape index (κ3) is 3.44. The highest BCUT2D eigenvalue weighted by Crippen LogP contribution is 2.30. The zero-order chi connectivity index (χ0) is 14.7. The Morgan fingerprint density at radius 2 is 2.05 bits per heavy atom. The molecule has 0 aromatic heterocycles. The molecule has 0 radical (unpaired) electrons. The molecule has 0 amide bonds. The van der Waals surface area contributed by atoms with E-state index >= 15 is 0 Å². The summed E-state index contributed by atoms with van der Waals surface area (Å²) in [6.45, 7) is 1.97. The van der Waals surface area contributed by atoms with Crippen LogP contribution in [0.15, 0.2) is 12.1 Å². The van der Waals surface area contributed by atoms with Gasteiger partial charge in [-0.05, 0) is 42.7 Å². The number of hydrogen-bond acceptors (Lipinski definition) is 3.